The van der Waals surface area contributed by atoms with E-state index in [9.17, 15) is 0 Å². The molecule has 0 saturated carbocycles. The molecule has 0 spiro atoms. The van der Waals surface area contributed by atoms with Gasteiger partial charge in [-0.2, -0.15) is 0 Å². The second-order valence-electron chi connectivity index (χ2n) is 3.56. The fourth-order valence-electron chi connectivity index (χ4n) is 1.19. The first-order valence-electron chi connectivity index (χ1n) is 5.27. The van der Waals surface area contributed by atoms with Gasteiger partial charge in [-0.05, 0) is 12.3 Å². The molecule has 0 saturated heterocycles. The molecule has 0 aromatic carbocycles. The van der Waals surface area contributed by atoms with E-state index >= 15 is 0 Å². The van der Waals surface area contributed by atoms with E-state index in [1.807, 2.05) is 0 Å². The van der Waals surface area contributed by atoms with Crippen molar-refractivity contribution in [3.63, 3.8) is 0 Å². The summed E-state index contributed by atoms with van der Waals surface area (Å²) in [6.45, 7) is 6.74. The Hall–Kier alpha value is -0.440. The van der Waals surface area contributed by atoms with Crippen LogP contribution >= 0.6 is 0 Å². The third-order valence-corrected chi connectivity index (χ3v) is 2.01. The van der Waals surface area contributed by atoms with Crippen LogP contribution in [0.1, 0.15) is 59.3 Å². The fourth-order valence-corrected chi connectivity index (χ4v) is 1.19. The van der Waals surface area contributed by atoms with Gasteiger partial charge in [0, 0.05) is 12.8 Å². The second-order valence-corrected chi connectivity index (χ2v) is 3.56. The van der Waals surface area contributed by atoms with Crippen LogP contribution in [0.4, 0.5) is 0 Å². The first-order chi connectivity index (χ1) is 5.81. The summed E-state index contributed by atoms with van der Waals surface area (Å²) in [5.74, 6) is 7.28. The lowest BCUT2D eigenvalue weighted by Crippen LogP contribution is -1.90. The molecule has 0 aromatic heterocycles. The Bertz CT molecular complexity index is 136. The van der Waals surface area contributed by atoms with Gasteiger partial charge in [0.2, 0.25) is 0 Å². The molecule has 1 atom stereocenters. The van der Waals surface area contributed by atoms with Crippen LogP contribution in [0.5, 0.6) is 0 Å². The van der Waals surface area contributed by atoms with Crippen LogP contribution in [0.2, 0.25) is 0 Å². The van der Waals surface area contributed by atoms with E-state index in [0.29, 0.717) is 0 Å². The van der Waals surface area contributed by atoms with Crippen LogP contribution in [0.15, 0.2) is 0 Å². The van der Waals surface area contributed by atoms with Crippen molar-refractivity contribution in [2.45, 2.75) is 59.3 Å². The Labute approximate surface area is 77.8 Å². The highest BCUT2D eigenvalue weighted by Gasteiger charge is 1.95. The lowest BCUT2D eigenvalue weighted by atomic mass is 10.0. The molecule has 0 N–H and O–H groups in total. The Morgan fingerprint density at radius 3 is 2.42 bits per heavy atom. The van der Waals surface area contributed by atoms with Gasteiger partial charge in [-0.15, -0.1) is 11.8 Å². The smallest absolute Gasteiger partial charge is 0.0114 e. The molecule has 0 fully saturated rings. The minimum Gasteiger partial charge on any atom is -0.103 e. The molecular formula is C12H22. The molecule has 0 nitrogen and oxygen atoms in total. The van der Waals surface area contributed by atoms with Crippen LogP contribution < -0.4 is 0 Å². The maximum absolute atomic E-state index is 3.25. The van der Waals surface area contributed by atoms with Crippen LogP contribution in [-0.4, -0.2) is 0 Å². The van der Waals surface area contributed by atoms with Crippen molar-refractivity contribution in [1.82, 2.24) is 0 Å². The maximum atomic E-state index is 3.25. The Kier molecular flexibility index (Phi) is 8.34. The molecule has 0 aromatic rings. The largest absolute Gasteiger partial charge is 0.103 e. The predicted molar refractivity (Wildman–Crippen MR) is 56.0 cm³/mol. The van der Waals surface area contributed by atoms with Gasteiger partial charge in [0.15, 0.2) is 0 Å². The summed E-state index contributed by atoms with van der Waals surface area (Å²) in [7, 11) is 0. The number of hydrogen-bond acceptors (Lipinski definition) is 0. The van der Waals surface area contributed by atoms with Gasteiger partial charge in [0.05, 0.1) is 0 Å². The molecule has 12 heavy (non-hydrogen) atoms. The number of unbranched alkanes of at least 4 members (excludes halogenated alkanes) is 2. The van der Waals surface area contributed by atoms with Gasteiger partial charge in [-0.1, -0.05) is 40.0 Å². The average Bonchev–Trinajstić information content (AvgIpc) is 2.05. The molecule has 0 heterocycles. The molecule has 0 heteroatoms. The third-order valence-electron chi connectivity index (χ3n) is 2.01. The van der Waals surface area contributed by atoms with Crippen molar-refractivity contribution < 1.29 is 0 Å². The van der Waals surface area contributed by atoms with E-state index in [1.54, 1.807) is 0 Å². The van der Waals surface area contributed by atoms with Crippen LogP contribution in [-0.2, 0) is 0 Å². The van der Waals surface area contributed by atoms with E-state index in [1.165, 1.54) is 25.7 Å². The summed E-state index contributed by atoms with van der Waals surface area (Å²) < 4.78 is 0. The fraction of sp³-hybridized carbons (Fsp3) is 0.833. The molecular weight excluding hydrogens is 144 g/mol. The van der Waals surface area contributed by atoms with Crippen LogP contribution in [0, 0.1) is 17.8 Å². The molecule has 70 valence electrons. The quantitative estimate of drug-likeness (QED) is 0.427. The van der Waals surface area contributed by atoms with Crippen molar-refractivity contribution >= 4 is 0 Å². The zero-order valence-electron chi connectivity index (χ0n) is 8.82. The van der Waals surface area contributed by atoms with E-state index < -0.39 is 0 Å². The second kappa shape index (κ2) is 8.65. The third kappa shape index (κ3) is 7.66. The summed E-state index contributed by atoms with van der Waals surface area (Å²) in [4.78, 5) is 0. The molecule has 1 unspecified atom stereocenters. The highest BCUT2D eigenvalue weighted by molar-refractivity contribution is 4.99. The Morgan fingerprint density at radius 1 is 1.08 bits per heavy atom. The summed E-state index contributed by atoms with van der Waals surface area (Å²) in [6.07, 6.45) is 7.32. The van der Waals surface area contributed by atoms with Gasteiger partial charge >= 0.3 is 0 Å². The number of hydrogen-bond donors (Lipinski definition) is 0. The summed E-state index contributed by atoms with van der Waals surface area (Å²) in [5.41, 5.74) is 0. The SMILES string of the molecule is CCCCC#CCC(C)CCC. The molecule has 0 aliphatic rings. The summed E-state index contributed by atoms with van der Waals surface area (Å²) in [6, 6.07) is 0. The molecule has 0 aliphatic carbocycles. The average molecular weight is 166 g/mol. The zero-order chi connectivity index (χ0) is 9.23. The van der Waals surface area contributed by atoms with Crippen molar-refractivity contribution in [2.75, 3.05) is 0 Å². The van der Waals surface area contributed by atoms with Crippen LogP contribution in [0.25, 0.3) is 0 Å². The van der Waals surface area contributed by atoms with Gasteiger partial charge < -0.3 is 0 Å². The highest BCUT2D eigenvalue weighted by Crippen LogP contribution is 2.08. The lowest BCUT2D eigenvalue weighted by Gasteiger charge is -2.02. The number of rotatable bonds is 5. The van der Waals surface area contributed by atoms with Gasteiger partial charge in [-0.3, -0.25) is 0 Å². The van der Waals surface area contributed by atoms with Gasteiger partial charge in [-0.25, -0.2) is 0 Å². The summed E-state index contributed by atoms with van der Waals surface area (Å²) in [5, 5.41) is 0. The minimum absolute atomic E-state index is 0.795. The zero-order valence-corrected chi connectivity index (χ0v) is 8.82. The first-order valence-corrected chi connectivity index (χ1v) is 5.27. The molecule has 0 radical (unpaired) electrons. The van der Waals surface area contributed by atoms with Crippen molar-refractivity contribution in [3.05, 3.63) is 0 Å². The monoisotopic (exact) mass is 166 g/mol. The van der Waals surface area contributed by atoms with E-state index in [-0.39, 0.29) is 0 Å². The van der Waals surface area contributed by atoms with Crippen molar-refractivity contribution in [2.24, 2.45) is 5.92 Å². The highest BCUT2D eigenvalue weighted by atomic mass is 14.0. The lowest BCUT2D eigenvalue weighted by molar-refractivity contribution is 0.539. The van der Waals surface area contributed by atoms with E-state index in [0.717, 1.165) is 18.8 Å². The maximum Gasteiger partial charge on any atom is 0.0114 e. The molecule has 0 amide bonds. The summed E-state index contributed by atoms with van der Waals surface area (Å²) >= 11 is 0. The Balaban J connectivity index is 3.29. The first kappa shape index (κ1) is 11.6. The molecule has 0 bridgehead atoms. The molecule has 0 aliphatic heterocycles. The molecule has 0 rings (SSSR count). The minimum atomic E-state index is 0.795. The van der Waals surface area contributed by atoms with Crippen molar-refractivity contribution in [3.8, 4) is 11.8 Å². The Morgan fingerprint density at radius 2 is 1.83 bits per heavy atom. The van der Waals surface area contributed by atoms with E-state index in [4.69, 9.17) is 0 Å². The van der Waals surface area contributed by atoms with Crippen LogP contribution in [0.3, 0.4) is 0 Å². The topological polar surface area (TPSA) is 0 Å². The van der Waals surface area contributed by atoms with Crippen molar-refractivity contribution in [1.29, 1.82) is 0 Å². The normalized spacial score (nSPS) is 11.9. The standard InChI is InChI=1S/C12H22/c1-4-6-7-8-9-11-12(3)10-5-2/h12H,4-7,10-11H2,1-3H3. The van der Waals surface area contributed by atoms with Gasteiger partial charge in [0.25, 0.3) is 0 Å². The van der Waals surface area contributed by atoms with Gasteiger partial charge in [0.1, 0.15) is 0 Å². The van der Waals surface area contributed by atoms with E-state index in [2.05, 4.69) is 32.6 Å². The predicted octanol–water partition coefficient (Wildman–Crippen LogP) is 4.01.